The molecule has 156 valence electrons. The number of nitrogens with zero attached hydrogens (tertiary/aromatic N) is 1. The Hall–Kier alpha value is -1.62. The quantitative estimate of drug-likeness (QED) is 0.469. The molecule has 0 aliphatic heterocycles. The third-order valence-corrected chi connectivity index (χ3v) is 4.99. The van der Waals surface area contributed by atoms with E-state index in [9.17, 15) is 14.7 Å². The number of carboxylic acid groups (broad SMARTS) is 1. The average Bonchev–Trinajstić information content (AvgIpc) is 2.53. The first-order valence-corrected chi connectivity index (χ1v) is 9.77. The molecule has 0 radical (unpaired) electrons. The van der Waals surface area contributed by atoms with Crippen LogP contribution < -0.4 is 5.32 Å². The van der Waals surface area contributed by atoms with Gasteiger partial charge < -0.3 is 15.3 Å². The lowest BCUT2D eigenvalue weighted by atomic mass is 9.84. The molecule has 0 rings (SSSR count). The molecule has 5 nitrogen and oxygen atoms in total. The van der Waals surface area contributed by atoms with Crippen molar-refractivity contribution in [3.05, 3.63) is 23.8 Å². The van der Waals surface area contributed by atoms with Gasteiger partial charge in [0.05, 0.1) is 12.0 Å². The van der Waals surface area contributed by atoms with Gasteiger partial charge in [0, 0.05) is 18.7 Å². The fraction of sp³-hybridized carbons (Fsp3) is 0.727. The van der Waals surface area contributed by atoms with Gasteiger partial charge in [0.2, 0.25) is 5.91 Å². The number of carbonyl (C=O) groups is 2. The minimum atomic E-state index is -0.955. The van der Waals surface area contributed by atoms with E-state index in [1.54, 1.807) is 24.9 Å². The third-order valence-electron chi connectivity index (χ3n) is 4.99. The van der Waals surface area contributed by atoms with Crippen molar-refractivity contribution in [1.82, 2.24) is 10.2 Å². The van der Waals surface area contributed by atoms with Gasteiger partial charge in [-0.2, -0.15) is 0 Å². The molecule has 2 N–H and O–H groups in total. The van der Waals surface area contributed by atoms with Crippen LogP contribution in [-0.2, 0) is 9.59 Å². The van der Waals surface area contributed by atoms with Gasteiger partial charge in [-0.05, 0) is 31.2 Å². The molecule has 0 saturated carbocycles. The summed E-state index contributed by atoms with van der Waals surface area (Å²) in [5, 5.41) is 12.5. The standard InChI is InChI=1S/C22H40N2O3/c1-14(2)17(11-12-19(23-9)22(6,7)8)20(25)24(10)18(15(3)4)13-16(5)21(26)27/h11-15,17-19,23H,1-10H3,(H,26,27)/b12-11+,16-13+/t17?,18?,19-/m1/s1. The summed E-state index contributed by atoms with van der Waals surface area (Å²) in [6.45, 7) is 16.1. The minimum absolute atomic E-state index is 0.0122. The number of carbonyl (C=O) groups excluding carboxylic acids is 1. The summed E-state index contributed by atoms with van der Waals surface area (Å²) >= 11 is 0. The largest absolute Gasteiger partial charge is 0.478 e. The zero-order valence-corrected chi connectivity index (χ0v) is 18.8. The summed E-state index contributed by atoms with van der Waals surface area (Å²) in [5.41, 5.74) is 0.303. The Morgan fingerprint density at radius 2 is 1.56 bits per heavy atom. The molecule has 1 amide bonds. The molecular weight excluding hydrogens is 340 g/mol. The van der Waals surface area contributed by atoms with Crippen LogP contribution in [0.25, 0.3) is 0 Å². The lowest BCUT2D eigenvalue weighted by Crippen LogP contribution is -2.44. The molecule has 0 spiro atoms. The van der Waals surface area contributed by atoms with Crippen molar-refractivity contribution >= 4 is 11.9 Å². The first-order chi connectivity index (χ1) is 12.2. The number of hydrogen-bond donors (Lipinski definition) is 2. The van der Waals surface area contributed by atoms with E-state index in [2.05, 4.69) is 32.2 Å². The molecule has 27 heavy (non-hydrogen) atoms. The molecule has 0 aliphatic rings. The van der Waals surface area contributed by atoms with Gasteiger partial charge in [-0.1, -0.05) is 66.7 Å². The van der Waals surface area contributed by atoms with Crippen LogP contribution in [-0.4, -0.2) is 48.1 Å². The Labute approximate surface area is 165 Å². The van der Waals surface area contributed by atoms with Crippen molar-refractivity contribution < 1.29 is 14.7 Å². The Bertz CT molecular complexity index is 556. The maximum Gasteiger partial charge on any atom is 0.331 e. The van der Waals surface area contributed by atoms with E-state index in [4.69, 9.17) is 0 Å². The van der Waals surface area contributed by atoms with Gasteiger partial charge in [0.15, 0.2) is 0 Å². The van der Waals surface area contributed by atoms with E-state index in [1.807, 2.05) is 40.8 Å². The highest BCUT2D eigenvalue weighted by atomic mass is 16.4. The maximum absolute atomic E-state index is 13.2. The van der Waals surface area contributed by atoms with E-state index in [-0.39, 0.29) is 46.7 Å². The van der Waals surface area contributed by atoms with Crippen LogP contribution in [0.1, 0.15) is 55.4 Å². The Morgan fingerprint density at radius 1 is 1.04 bits per heavy atom. The van der Waals surface area contributed by atoms with Crippen molar-refractivity contribution in [1.29, 1.82) is 0 Å². The van der Waals surface area contributed by atoms with Crippen LogP contribution in [0.15, 0.2) is 23.8 Å². The molecule has 0 saturated heterocycles. The van der Waals surface area contributed by atoms with Gasteiger partial charge in [0.25, 0.3) is 0 Å². The molecule has 0 aliphatic carbocycles. The van der Waals surface area contributed by atoms with Gasteiger partial charge in [-0.25, -0.2) is 4.79 Å². The van der Waals surface area contributed by atoms with Crippen LogP contribution in [0.5, 0.6) is 0 Å². The van der Waals surface area contributed by atoms with E-state index >= 15 is 0 Å². The highest BCUT2D eigenvalue weighted by Gasteiger charge is 2.29. The zero-order chi connectivity index (χ0) is 21.5. The van der Waals surface area contributed by atoms with E-state index in [0.717, 1.165) is 0 Å². The van der Waals surface area contributed by atoms with Crippen LogP contribution in [0.2, 0.25) is 0 Å². The molecule has 0 bridgehead atoms. The highest BCUT2D eigenvalue weighted by Crippen LogP contribution is 2.24. The van der Waals surface area contributed by atoms with Crippen molar-refractivity contribution in [2.24, 2.45) is 23.2 Å². The second-order valence-corrected chi connectivity index (χ2v) is 9.13. The van der Waals surface area contributed by atoms with E-state index in [0.29, 0.717) is 0 Å². The lowest BCUT2D eigenvalue weighted by molar-refractivity contribution is -0.136. The summed E-state index contributed by atoms with van der Waals surface area (Å²) in [6, 6.07) is -0.0992. The Morgan fingerprint density at radius 3 is 1.89 bits per heavy atom. The van der Waals surface area contributed by atoms with E-state index < -0.39 is 5.97 Å². The Balaban J connectivity index is 5.68. The van der Waals surface area contributed by atoms with Gasteiger partial charge in [-0.15, -0.1) is 0 Å². The number of hydrogen-bond acceptors (Lipinski definition) is 3. The topological polar surface area (TPSA) is 69.6 Å². The summed E-state index contributed by atoms with van der Waals surface area (Å²) < 4.78 is 0. The lowest BCUT2D eigenvalue weighted by Gasteiger charge is -2.33. The van der Waals surface area contributed by atoms with Crippen molar-refractivity contribution in [2.45, 2.75) is 67.5 Å². The van der Waals surface area contributed by atoms with Gasteiger partial charge in [-0.3, -0.25) is 4.79 Å². The predicted octanol–water partition coefficient (Wildman–Crippen LogP) is 3.96. The molecular formula is C22H40N2O3. The maximum atomic E-state index is 13.2. The van der Waals surface area contributed by atoms with E-state index in [1.165, 1.54) is 0 Å². The third kappa shape index (κ3) is 7.87. The zero-order valence-electron chi connectivity index (χ0n) is 18.8. The molecule has 0 aromatic carbocycles. The van der Waals surface area contributed by atoms with Gasteiger partial charge >= 0.3 is 5.97 Å². The van der Waals surface area contributed by atoms with Crippen molar-refractivity contribution in [3.8, 4) is 0 Å². The average molecular weight is 381 g/mol. The number of rotatable bonds is 9. The number of aliphatic carboxylic acids is 1. The summed E-state index contributed by atoms with van der Waals surface area (Å²) in [6.07, 6.45) is 5.76. The first-order valence-electron chi connectivity index (χ1n) is 9.77. The number of carboxylic acids is 1. The SMILES string of the molecule is CN[C@H](/C=C/C(C(=O)N(C)C(/C=C(\C)C(=O)O)C(C)C)C(C)C)C(C)(C)C. The fourth-order valence-electron chi connectivity index (χ4n) is 3.10. The first kappa shape index (κ1) is 25.4. The number of likely N-dealkylation sites (N-methyl/N-ethyl adjacent to an activating group) is 2. The fourth-order valence-corrected chi connectivity index (χ4v) is 3.10. The summed E-state index contributed by atoms with van der Waals surface area (Å²) in [7, 11) is 3.69. The van der Waals surface area contributed by atoms with Gasteiger partial charge in [0.1, 0.15) is 0 Å². The normalized spacial score (nSPS) is 16.7. The molecule has 0 heterocycles. The number of nitrogens with one attached hydrogen (secondary N) is 1. The minimum Gasteiger partial charge on any atom is -0.478 e. The molecule has 3 atom stereocenters. The summed E-state index contributed by atoms with van der Waals surface area (Å²) in [4.78, 5) is 26.1. The van der Waals surface area contributed by atoms with Crippen LogP contribution in [0.4, 0.5) is 0 Å². The van der Waals surface area contributed by atoms with Crippen molar-refractivity contribution in [3.63, 3.8) is 0 Å². The number of amides is 1. The molecule has 0 aromatic rings. The molecule has 0 fully saturated rings. The Kier molecular flexibility index (Phi) is 10.0. The predicted molar refractivity (Wildman–Crippen MR) is 113 cm³/mol. The molecule has 0 aromatic heterocycles. The van der Waals surface area contributed by atoms with Crippen LogP contribution >= 0.6 is 0 Å². The van der Waals surface area contributed by atoms with Crippen molar-refractivity contribution in [2.75, 3.05) is 14.1 Å². The smallest absolute Gasteiger partial charge is 0.331 e. The second-order valence-electron chi connectivity index (χ2n) is 9.13. The summed E-state index contributed by atoms with van der Waals surface area (Å²) in [5.74, 6) is -0.939. The highest BCUT2D eigenvalue weighted by molar-refractivity contribution is 5.86. The molecule has 2 unspecified atom stereocenters. The monoisotopic (exact) mass is 380 g/mol. The van der Waals surface area contributed by atoms with Crippen LogP contribution in [0.3, 0.4) is 0 Å². The second kappa shape index (κ2) is 10.6. The molecule has 5 heteroatoms. The van der Waals surface area contributed by atoms with Crippen LogP contribution in [0, 0.1) is 23.2 Å².